The van der Waals surface area contributed by atoms with Crippen molar-refractivity contribution in [2.45, 2.75) is 19.6 Å². The van der Waals surface area contributed by atoms with Crippen molar-refractivity contribution >= 4 is 11.6 Å². The molecule has 2 aromatic heterocycles. The molecule has 0 radical (unpaired) electrons. The zero-order chi connectivity index (χ0) is 17.8. The van der Waals surface area contributed by atoms with Gasteiger partial charge in [0.2, 0.25) is 0 Å². The number of aryl methyl sites for hydroxylation is 1. The Bertz CT molecular complexity index is 720. The Labute approximate surface area is 149 Å². The third-order valence-corrected chi connectivity index (χ3v) is 4.30. The van der Waals surface area contributed by atoms with Crippen molar-refractivity contribution in [2.75, 3.05) is 51.1 Å². The van der Waals surface area contributed by atoms with Crippen LogP contribution in [0.5, 0.6) is 0 Å². The van der Waals surface area contributed by atoms with Crippen molar-refractivity contribution in [3.05, 3.63) is 41.5 Å². The molecule has 1 aliphatic heterocycles. The van der Waals surface area contributed by atoms with E-state index in [-0.39, 0.29) is 6.10 Å². The lowest BCUT2D eigenvalue weighted by molar-refractivity contribution is -0.0350. The number of rotatable bonds is 5. The predicted molar refractivity (Wildman–Crippen MR) is 98.8 cm³/mol. The third kappa shape index (κ3) is 4.24. The average Bonchev–Trinajstić information content (AvgIpc) is 2.62. The van der Waals surface area contributed by atoms with Gasteiger partial charge in [0, 0.05) is 58.6 Å². The van der Waals surface area contributed by atoms with Crippen LogP contribution in [0.4, 0.5) is 11.6 Å². The topological polar surface area (TPSA) is 66.4 Å². The molecule has 1 aliphatic rings. The molecule has 3 rings (SSSR count). The minimum atomic E-state index is -0.0381. The summed E-state index contributed by atoms with van der Waals surface area (Å²) in [6.45, 7) is 5.17. The van der Waals surface area contributed by atoms with Gasteiger partial charge in [0.25, 0.3) is 0 Å². The molecular weight excluding hydrogens is 316 g/mol. The molecule has 7 heteroatoms. The Kier molecular flexibility index (Phi) is 5.45. The van der Waals surface area contributed by atoms with Crippen LogP contribution in [0.3, 0.4) is 0 Å². The number of hydrogen-bond acceptors (Lipinski definition) is 7. The number of nitrogens with one attached hydrogen (secondary N) is 1. The maximum absolute atomic E-state index is 6.00. The molecule has 7 nitrogen and oxygen atoms in total. The summed E-state index contributed by atoms with van der Waals surface area (Å²) in [6.07, 6.45) is 1.77. The first kappa shape index (κ1) is 17.6. The Morgan fingerprint density at radius 3 is 2.96 bits per heavy atom. The second-order valence-electron chi connectivity index (χ2n) is 6.45. The highest BCUT2D eigenvalue weighted by atomic mass is 16.5. The maximum atomic E-state index is 6.00. The van der Waals surface area contributed by atoms with Gasteiger partial charge in [-0.05, 0) is 13.0 Å². The van der Waals surface area contributed by atoms with Gasteiger partial charge in [0.15, 0.2) is 0 Å². The number of aromatic nitrogens is 3. The third-order valence-electron chi connectivity index (χ3n) is 4.30. The summed E-state index contributed by atoms with van der Waals surface area (Å²) in [6, 6.07) is 6.11. The van der Waals surface area contributed by atoms with Crippen LogP contribution < -0.4 is 10.2 Å². The van der Waals surface area contributed by atoms with Gasteiger partial charge in [-0.2, -0.15) is 0 Å². The van der Waals surface area contributed by atoms with Gasteiger partial charge in [-0.15, -0.1) is 0 Å². The van der Waals surface area contributed by atoms with E-state index in [4.69, 9.17) is 4.74 Å². The summed E-state index contributed by atoms with van der Waals surface area (Å²) < 4.78 is 6.00. The Morgan fingerprint density at radius 2 is 2.20 bits per heavy atom. The number of hydrogen-bond donors (Lipinski definition) is 1. The fourth-order valence-corrected chi connectivity index (χ4v) is 3.03. The minimum absolute atomic E-state index is 0.0381. The zero-order valence-corrected chi connectivity index (χ0v) is 15.4. The van der Waals surface area contributed by atoms with E-state index in [9.17, 15) is 0 Å². The van der Waals surface area contributed by atoms with E-state index in [0.29, 0.717) is 6.61 Å². The van der Waals surface area contributed by atoms with Gasteiger partial charge < -0.3 is 15.0 Å². The Hall–Kier alpha value is -2.25. The number of pyridine rings is 1. The minimum Gasteiger partial charge on any atom is -0.373 e. The van der Waals surface area contributed by atoms with Crippen LogP contribution >= 0.6 is 0 Å². The molecule has 0 unspecified atom stereocenters. The molecule has 0 aliphatic carbocycles. The number of ether oxygens (including phenoxy) is 1. The average molecular weight is 342 g/mol. The number of morpholine rings is 1. The Balaban J connectivity index is 1.75. The highest BCUT2D eigenvalue weighted by Crippen LogP contribution is 2.25. The second-order valence-corrected chi connectivity index (χ2v) is 6.45. The van der Waals surface area contributed by atoms with Crippen molar-refractivity contribution in [3.8, 4) is 0 Å². The molecule has 1 saturated heterocycles. The molecule has 1 N–H and O–H groups in total. The van der Waals surface area contributed by atoms with E-state index >= 15 is 0 Å². The zero-order valence-electron chi connectivity index (χ0n) is 15.4. The van der Waals surface area contributed by atoms with Gasteiger partial charge in [-0.25, -0.2) is 15.0 Å². The summed E-state index contributed by atoms with van der Waals surface area (Å²) in [4.78, 5) is 17.8. The monoisotopic (exact) mass is 342 g/mol. The lowest BCUT2D eigenvalue weighted by Gasteiger charge is -2.33. The van der Waals surface area contributed by atoms with Crippen LogP contribution in [-0.4, -0.2) is 60.7 Å². The highest BCUT2D eigenvalue weighted by molar-refractivity contribution is 5.43. The fraction of sp³-hybridized carbons (Fsp3) is 0.500. The SMILES string of the molecule is CNc1ncccc1CN1CCO[C@H](c2cc(N(C)C)nc(C)n2)C1. The van der Waals surface area contributed by atoms with Gasteiger partial charge in [0.1, 0.15) is 23.6 Å². The first-order valence-corrected chi connectivity index (χ1v) is 8.55. The molecule has 2 aromatic rings. The highest BCUT2D eigenvalue weighted by Gasteiger charge is 2.24. The molecular formula is C18H26N6O. The van der Waals surface area contributed by atoms with Crippen molar-refractivity contribution in [1.29, 1.82) is 0 Å². The van der Waals surface area contributed by atoms with Crippen LogP contribution in [0.1, 0.15) is 23.2 Å². The van der Waals surface area contributed by atoms with Crippen LogP contribution in [0.2, 0.25) is 0 Å². The lowest BCUT2D eigenvalue weighted by Crippen LogP contribution is -2.38. The molecule has 1 atom stereocenters. The summed E-state index contributed by atoms with van der Waals surface area (Å²) in [5.74, 6) is 2.61. The van der Waals surface area contributed by atoms with Gasteiger partial charge in [-0.1, -0.05) is 6.07 Å². The Morgan fingerprint density at radius 1 is 1.36 bits per heavy atom. The molecule has 0 saturated carbocycles. The first-order valence-electron chi connectivity index (χ1n) is 8.55. The summed E-state index contributed by atoms with van der Waals surface area (Å²) in [5.41, 5.74) is 2.14. The molecule has 25 heavy (non-hydrogen) atoms. The van der Waals surface area contributed by atoms with E-state index in [1.54, 1.807) is 0 Å². The fourth-order valence-electron chi connectivity index (χ4n) is 3.03. The number of anilines is 2. The van der Waals surface area contributed by atoms with Crippen LogP contribution in [-0.2, 0) is 11.3 Å². The molecule has 0 bridgehead atoms. The molecule has 3 heterocycles. The van der Waals surface area contributed by atoms with Gasteiger partial charge >= 0.3 is 0 Å². The quantitative estimate of drug-likeness (QED) is 0.889. The van der Waals surface area contributed by atoms with Gasteiger partial charge in [0.05, 0.1) is 12.3 Å². The smallest absolute Gasteiger partial charge is 0.132 e. The van der Waals surface area contributed by atoms with Gasteiger partial charge in [-0.3, -0.25) is 4.90 Å². The largest absolute Gasteiger partial charge is 0.373 e. The van der Waals surface area contributed by atoms with Crippen molar-refractivity contribution in [3.63, 3.8) is 0 Å². The van der Waals surface area contributed by atoms with Crippen LogP contribution in [0.25, 0.3) is 0 Å². The molecule has 0 amide bonds. The molecule has 134 valence electrons. The first-order chi connectivity index (χ1) is 12.1. The van der Waals surface area contributed by atoms with E-state index in [0.717, 1.165) is 42.8 Å². The summed E-state index contributed by atoms with van der Waals surface area (Å²) in [5, 5.41) is 3.16. The van der Waals surface area contributed by atoms with Crippen molar-refractivity contribution in [1.82, 2.24) is 19.9 Å². The van der Waals surface area contributed by atoms with E-state index in [2.05, 4.69) is 31.2 Å². The normalized spacial score (nSPS) is 18.2. The standard InChI is InChI=1S/C18H26N6O/c1-13-21-15(10-17(22-13)23(3)4)16-12-24(8-9-25-16)11-14-6-5-7-20-18(14)19-2/h5-7,10,16H,8-9,11-12H2,1-4H3,(H,19,20)/t16-/m0/s1. The predicted octanol–water partition coefficient (Wildman–Crippen LogP) is 1.86. The van der Waals surface area contributed by atoms with Crippen molar-refractivity contribution in [2.24, 2.45) is 0 Å². The summed E-state index contributed by atoms with van der Waals surface area (Å²) in [7, 11) is 5.88. The van der Waals surface area contributed by atoms with Crippen molar-refractivity contribution < 1.29 is 4.74 Å². The van der Waals surface area contributed by atoms with Crippen LogP contribution in [0, 0.1) is 6.92 Å². The second kappa shape index (κ2) is 7.76. The number of nitrogens with zero attached hydrogens (tertiary/aromatic N) is 5. The van der Waals surface area contributed by atoms with Crippen LogP contribution in [0.15, 0.2) is 24.4 Å². The van der Waals surface area contributed by atoms with E-state index in [1.165, 1.54) is 5.56 Å². The lowest BCUT2D eigenvalue weighted by atomic mass is 10.1. The van der Waals surface area contributed by atoms with E-state index < -0.39 is 0 Å². The maximum Gasteiger partial charge on any atom is 0.132 e. The van der Waals surface area contributed by atoms with E-state index in [1.807, 2.05) is 51.3 Å². The molecule has 0 aromatic carbocycles. The molecule has 1 fully saturated rings. The summed E-state index contributed by atoms with van der Waals surface area (Å²) >= 11 is 0. The molecule has 0 spiro atoms.